The van der Waals surface area contributed by atoms with Crippen LogP contribution in [0.4, 0.5) is 17.5 Å². The SMILES string of the molecule is COc1ccc(CCNc2cc(C)nc(Nc3ccc(C)cc3)n2)cc1OC. The second kappa shape index (κ2) is 9.08. The van der Waals surface area contributed by atoms with Crippen molar-refractivity contribution in [3.8, 4) is 11.5 Å². The molecule has 0 saturated carbocycles. The first-order valence-electron chi connectivity index (χ1n) is 9.21. The second-order valence-electron chi connectivity index (χ2n) is 6.58. The Balaban J connectivity index is 1.63. The molecule has 28 heavy (non-hydrogen) atoms. The number of nitrogens with one attached hydrogen (secondary N) is 2. The van der Waals surface area contributed by atoms with Crippen molar-refractivity contribution in [2.24, 2.45) is 0 Å². The van der Waals surface area contributed by atoms with Gasteiger partial charge < -0.3 is 20.1 Å². The van der Waals surface area contributed by atoms with Gasteiger partial charge in [0.2, 0.25) is 5.95 Å². The fourth-order valence-corrected chi connectivity index (χ4v) is 2.85. The van der Waals surface area contributed by atoms with Crippen molar-refractivity contribution in [3.05, 3.63) is 65.4 Å². The molecular weight excluding hydrogens is 352 g/mol. The van der Waals surface area contributed by atoms with E-state index in [1.54, 1.807) is 14.2 Å². The number of aryl methyl sites for hydroxylation is 2. The Morgan fingerprint density at radius 2 is 1.61 bits per heavy atom. The Bertz CT molecular complexity index is 926. The van der Waals surface area contributed by atoms with Gasteiger partial charge in [-0.25, -0.2) is 4.98 Å². The molecule has 0 spiro atoms. The van der Waals surface area contributed by atoms with Crippen LogP contribution in [0.5, 0.6) is 11.5 Å². The van der Waals surface area contributed by atoms with Gasteiger partial charge in [-0.15, -0.1) is 0 Å². The first-order chi connectivity index (χ1) is 13.6. The fourth-order valence-electron chi connectivity index (χ4n) is 2.85. The summed E-state index contributed by atoms with van der Waals surface area (Å²) in [5, 5.41) is 6.63. The highest BCUT2D eigenvalue weighted by Gasteiger charge is 2.06. The third-order valence-corrected chi connectivity index (χ3v) is 4.33. The van der Waals surface area contributed by atoms with Gasteiger partial charge in [0.05, 0.1) is 14.2 Å². The van der Waals surface area contributed by atoms with E-state index in [1.807, 2.05) is 43.3 Å². The lowest BCUT2D eigenvalue weighted by Crippen LogP contribution is -2.09. The average molecular weight is 378 g/mol. The topological polar surface area (TPSA) is 68.3 Å². The molecule has 0 atom stereocenters. The van der Waals surface area contributed by atoms with Gasteiger partial charge in [-0.05, 0) is 50.1 Å². The standard InChI is InChI=1S/C22H26N4O2/c1-15-5-8-18(9-6-15)25-22-24-16(2)13-21(26-22)23-12-11-17-7-10-19(27-3)20(14-17)28-4/h5-10,13-14H,11-12H2,1-4H3,(H2,23,24,25,26). The van der Waals surface area contributed by atoms with E-state index in [4.69, 9.17) is 9.47 Å². The number of rotatable bonds is 8. The van der Waals surface area contributed by atoms with E-state index in [1.165, 1.54) is 5.56 Å². The van der Waals surface area contributed by atoms with Gasteiger partial charge in [0.15, 0.2) is 11.5 Å². The maximum absolute atomic E-state index is 5.36. The largest absolute Gasteiger partial charge is 0.493 e. The van der Waals surface area contributed by atoms with Gasteiger partial charge in [0.1, 0.15) is 5.82 Å². The van der Waals surface area contributed by atoms with Crippen molar-refractivity contribution in [2.75, 3.05) is 31.4 Å². The van der Waals surface area contributed by atoms with Gasteiger partial charge in [0, 0.05) is 24.0 Å². The fraction of sp³-hybridized carbons (Fsp3) is 0.273. The van der Waals surface area contributed by atoms with Gasteiger partial charge in [-0.3, -0.25) is 0 Å². The molecule has 0 unspecified atom stereocenters. The van der Waals surface area contributed by atoms with Crippen LogP contribution in [0.15, 0.2) is 48.5 Å². The Kier molecular flexibility index (Phi) is 6.32. The predicted molar refractivity (Wildman–Crippen MR) is 113 cm³/mol. The summed E-state index contributed by atoms with van der Waals surface area (Å²) in [6, 6.07) is 16.0. The Morgan fingerprint density at radius 3 is 2.32 bits per heavy atom. The van der Waals surface area contributed by atoms with Gasteiger partial charge in [0.25, 0.3) is 0 Å². The van der Waals surface area contributed by atoms with Crippen LogP contribution in [0.25, 0.3) is 0 Å². The van der Waals surface area contributed by atoms with E-state index >= 15 is 0 Å². The molecular formula is C22H26N4O2. The molecule has 0 radical (unpaired) electrons. The number of hydrogen-bond donors (Lipinski definition) is 2. The number of nitrogens with zero attached hydrogens (tertiary/aromatic N) is 2. The number of hydrogen-bond acceptors (Lipinski definition) is 6. The van der Waals surface area contributed by atoms with Crippen LogP contribution in [-0.2, 0) is 6.42 Å². The summed E-state index contributed by atoms with van der Waals surface area (Å²) in [4.78, 5) is 9.03. The summed E-state index contributed by atoms with van der Waals surface area (Å²) in [6.07, 6.45) is 0.837. The maximum Gasteiger partial charge on any atom is 0.229 e. The summed E-state index contributed by atoms with van der Waals surface area (Å²) >= 11 is 0. The lowest BCUT2D eigenvalue weighted by atomic mass is 10.1. The Labute approximate surface area is 166 Å². The molecule has 1 heterocycles. The van der Waals surface area contributed by atoms with Crippen LogP contribution < -0.4 is 20.1 Å². The molecule has 3 rings (SSSR count). The van der Waals surface area contributed by atoms with Crippen molar-refractivity contribution < 1.29 is 9.47 Å². The van der Waals surface area contributed by atoms with Gasteiger partial charge in [-0.1, -0.05) is 23.8 Å². The van der Waals surface area contributed by atoms with Crippen molar-refractivity contribution >= 4 is 17.5 Å². The molecule has 6 nitrogen and oxygen atoms in total. The third-order valence-electron chi connectivity index (χ3n) is 4.33. The number of benzene rings is 2. The number of aromatic nitrogens is 2. The van der Waals surface area contributed by atoms with Crippen LogP contribution in [0, 0.1) is 13.8 Å². The monoisotopic (exact) mass is 378 g/mol. The minimum atomic E-state index is 0.581. The Hall–Kier alpha value is -3.28. The van der Waals surface area contributed by atoms with Crippen LogP contribution in [0.1, 0.15) is 16.8 Å². The highest BCUT2D eigenvalue weighted by Crippen LogP contribution is 2.27. The van der Waals surface area contributed by atoms with Crippen molar-refractivity contribution in [1.29, 1.82) is 0 Å². The molecule has 0 aliphatic carbocycles. The van der Waals surface area contributed by atoms with E-state index < -0.39 is 0 Å². The molecule has 3 aromatic rings. The molecule has 0 fully saturated rings. The van der Waals surface area contributed by atoms with Crippen LogP contribution in [0.3, 0.4) is 0 Å². The molecule has 0 aliphatic heterocycles. The zero-order chi connectivity index (χ0) is 19.9. The lowest BCUT2D eigenvalue weighted by Gasteiger charge is -2.12. The van der Waals surface area contributed by atoms with Crippen LogP contribution in [-0.4, -0.2) is 30.7 Å². The molecule has 2 N–H and O–H groups in total. The second-order valence-corrected chi connectivity index (χ2v) is 6.58. The van der Waals surface area contributed by atoms with Crippen LogP contribution >= 0.6 is 0 Å². The summed E-state index contributed by atoms with van der Waals surface area (Å²) in [5.41, 5.74) is 4.24. The molecule has 1 aromatic heterocycles. The summed E-state index contributed by atoms with van der Waals surface area (Å²) in [7, 11) is 3.28. The lowest BCUT2D eigenvalue weighted by molar-refractivity contribution is 0.354. The van der Waals surface area contributed by atoms with Gasteiger partial charge >= 0.3 is 0 Å². The molecule has 0 aliphatic rings. The Morgan fingerprint density at radius 1 is 0.857 bits per heavy atom. The average Bonchev–Trinajstić information content (AvgIpc) is 2.69. The number of anilines is 3. The molecule has 0 saturated heterocycles. The van der Waals surface area contributed by atoms with Gasteiger partial charge in [-0.2, -0.15) is 4.98 Å². The highest BCUT2D eigenvalue weighted by atomic mass is 16.5. The quantitative estimate of drug-likeness (QED) is 0.601. The first kappa shape index (κ1) is 19.5. The number of ether oxygens (including phenoxy) is 2. The molecule has 2 aromatic carbocycles. The van der Waals surface area contributed by atoms with Crippen molar-refractivity contribution in [2.45, 2.75) is 20.3 Å². The summed E-state index contributed by atoms with van der Waals surface area (Å²) < 4.78 is 10.6. The minimum absolute atomic E-state index is 0.581. The molecule has 0 bridgehead atoms. The highest BCUT2D eigenvalue weighted by molar-refractivity contribution is 5.55. The van der Waals surface area contributed by atoms with E-state index in [9.17, 15) is 0 Å². The summed E-state index contributed by atoms with van der Waals surface area (Å²) in [6.45, 7) is 4.77. The normalized spacial score (nSPS) is 10.4. The summed E-state index contributed by atoms with van der Waals surface area (Å²) in [5.74, 6) is 2.85. The predicted octanol–water partition coefficient (Wildman–Crippen LogP) is 4.51. The van der Waals surface area contributed by atoms with E-state index in [0.29, 0.717) is 5.95 Å². The molecule has 0 amide bonds. The maximum atomic E-state index is 5.36. The zero-order valence-corrected chi connectivity index (χ0v) is 16.7. The molecule has 6 heteroatoms. The zero-order valence-electron chi connectivity index (χ0n) is 16.7. The molecule has 146 valence electrons. The van der Waals surface area contributed by atoms with Crippen LogP contribution in [0.2, 0.25) is 0 Å². The minimum Gasteiger partial charge on any atom is -0.493 e. The first-order valence-corrected chi connectivity index (χ1v) is 9.21. The van der Waals surface area contributed by atoms with E-state index in [0.717, 1.165) is 47.2 Å². The third kappa shape index (κ3) is 5.13. The van der Waals surface area contributed by atoms with E-state index in [2.05, 4.69) is 39.7 Å². The number of methoxy groups -OCH3 is 2. The van der Waals surface area contributed by atoms with Crippen molar-refractivity contribution in [1.82, 2.24) is 9.97 Å². The smallest absolute Gasteiger partial charge is 0.229 e. The van der Waals surface area contributed by atoms with Crippen molar-refractivity contribution in [3.63, 3.8) is 0 Å². The van der Waals surface area contributed by atoms with E-state index in [-0.39, 0.29) is 0 Å².